The Labute approximate surface area is 157 Å². The van der Waals surface area contributed by atoms with Crippen molar-refractivity contribution in [2.45, 2.75) is 129 Å². The zero-order chi connectivity index (χ0) is 18.4. The number of unbranched alkanes of at least 4 members (excludes halogenated alkanes) is 11. The normalized spacial score (nSPS) is 18.2. The van der Waals surface area contributed by atoms with Gasteiger partial charge in [-0.2, -0.15) is 0 Å². The fraction of sp³-hybridized carbons (Fsp3) is 0.957. The summed E-state index contributed by atoms with van der Waals surface area (Å²) in [6.45, 7) is 4.23. The van der Waals surface area contributed by atoms with Gasteiger partial charge >= 0.3 is 5.97 Å². The highest BCUT2D eigenvalue weighted by Gasteiger charge is 2.40. The summed E-state index contributed by atoms with van der Waals surface area (Å²) in [6.07, 6.45) is 23.7. The van der Waals surface area contributed by atoms with Gasteiger partial charge in [0.1, 0.15) is 0 Å². The molecule has 1 unspecified atom stereocenters. The largest absolute Gasteiger partial charge is 0.481 e. The molecule has 25 heavy (non-hydrogen) atoms. The Hall–Kier alpha value is -0.530. The highest BCUT2D eigenvalue weighted by atomic mass is 16.4. The summed E-state index contributed by atoms with van der Waals surface area (Å²) >= 11 is 0. The number of aliphatic carboxylic acids is 1. The third kappa shape index (κ3) is 9.11. The van der Waals surface area contributed by atoms with E-state index in [1.54, 1.807) is 0 Å². The molecule has 1 fully saturated rings. The van der Waals surface area contributed by atoms with Crippen LogP contribution >= 0.6 is 0 Å². The first-order valence-corrected chi connectivity index (χ1v) is 11.4. The van der Waals surface area contributed by atoms with Crippen LogP contribution in [0.15, 0.2) is 0 Å². The molecule has 0 aromatic heterocycles. The summed E-state index contributed by atoms with van der Waals surface area (Å²) in [5.41, 5.74) is 0.0998. The van der Waals surface area contributed by atoms with Gasteiger partial charge in [0.25, 0.3) is 0 Å². The molecule has 1 atom stereocenters. The maximum atomic E-state index is 11.5. The van der Waals surface area contributed by atoms with Crippen molar-refractivity contribution in [1.82, 2.24) is 0 Å². The fourth-order valence-electron chi connectivity index (χ4n) is 4.74. The third-order valence-corrected chi connectivity index (χ3v) is 6.67. The second-order valence-corrected chi connectivity index (χ2v) is 8.62. The summed E-state index contributed by atoms with van der Waals surface area (Å²) in [4.78, 5) is 11.5. The second kappa shape index (κ2) is 13.6. The third-order valence-electron chi connectivity index (χ3n) is 6.67. The molecule has 0 amide bonds. The molecule has 0 spiro atoms. The van der Waals surface area contributed by atoms with Crippen molar-refractivity contribution in [3.05, 3.63) is 0 Å². The monoisotopic (exact) mass is 352 g/mol. The Bertz CT molecular complexity index is 331. The quantitative estimate of drug-likeness (QED) is 0.306. The van der Waals surface area contributed by atoms with E-state index in [9.17, 15) is 9.90 Å². The number of carbonyl (C=O) groups is 1. The first-order valence-electron chi connectivity index (χ1n) is 11.4. The molecule has 1 N–H and O–H groups in total. The van der Waals surface area contributed by atoms with Crippen LogP contribution in [0.3, 0.4) is 0 Å². The van der Waals surface area contributed by atoms with Crippen LogP contribution in [0.1, 0.15) is 129 Å². The molecular weight excluding hydrogens is 308 g/mol. The molecule has 0 aliphatic heterocycles. The van der Waals surface area contributed by atoms with Gasteiger partial charge < -0.3 is 5.11 Å². The predicted octanol–water partition coefficient (Wildman–Crippen LogP) is 7.75. The van der Waals surface area contributed by atoms with E-state index in [2.05, 4.69) is 6.92 Å². The van der Waals surface area contributed by atoms with Crippen LogP contribution in [0.2, 0.25) is 0 Å². The highest BCUT2D eigenvalue weighted by Crippen LogP contribution is 2.46. The average Bonchev–Trinajstić information content (AvgIpc) is 2.62. The molecule has 148 valence electrons. The number of rotatable bonds is 15. The Kier molecular flexibility index (Phi) is 12.3. The molecule has 1 aliphatic carbocycles. The van der Waals surface area contributed by atoms with E-state index in [-0.39, 0.29) is 11.3 Å². The summed E-state index contributed by atoms with van der Waals surface area (Å²) in [6, 6.07) is 0. The molecule has 2 heteroatoms. The standard InChI is InChI=1S/C23H44O2/c1-3-4-5-6-7-8-9-10-11-12-13-15-18-23(21(2)22(24)25)19-16-14-17-20-23/h21H,3-20H2,1-2H3,(H,24,25). The topological polar surface area (TPSA) is 37.3 Å². The van der Waals surface area contributed by atoms with E-state index < -0.39 is 5.97 Å². The smallest absolute Gasteiger partial charge is 0.306 e. The van der Waals surface area contributed by atoms with E-state index in [0.29, 0.717) is 0 Å². The van der Waals surface area contributed by atoms with Gasteiger partial charge in [0, 0.05) is 0 Å². The predicted molar refractivity (Wildman–Crippen MR) is 108 cm³/mol. The van der Waals surface area contributed by atoms with Gasteiger partial charge in [-0.05, 0) is 24.7 Å². The van der Waals surface area contributed by atoms with E-state index in [1.807, 2.05) is 6.92 Å². The average molecular weight is 353 g/mol. The van der Waals surface area contributed by atoms with Crippen molar-refractivity contribution in [3.63, 3.8) is 0 Å². The van der Waals surface area contributed by atoms with E-state index in [4.69, 9.17) is 0 Å². The van der Waals surface area contributed by atoms with Crippen molar-refractivity contribution >= 4 is 5.97 Å². The van der Waals surface area contributed by atoms with E-state index in [1.165, 1.54) is 96.3 Å². The minimum atomic E-state index is -0.583. The zero-order valence-electron chi connectivity index (χ0n) is 17.2. The van der Waals surface area contributed by atoms with Crippen LogP contribution in [0.4, 0.5) is 0 Å². The van der Waals surface area contributed by atoms with Gasteiger partial charge in [0.15, 0.2) is 0 Å². The molecule has 0 aromatic rings. The van der Waals surface area contributed by atoms with Crippen molar-refractivity contribution < 1.29 is 9.90 Å². The summed E-state index contributed by atoms with van der Waals surface area (Å²) < 4.78 is 0. The van der Waals surface area contributed by atoms with Crippen LogP contribution in [-0.4, -0.2) is 11.1 Å². The molecule has 1 rings (SSSR count). The summed E-state index contributed by atoms with van der Waals surface area (Å²) in [5.74, 6) is -0.749. The van der Waals surface area contributed by atoms with Gasteiger partial charge in [-0.3, -0.25) is 4.79 Å². The Balaban J connectivity index is 2.06. The Morgan fingerprint density at radius 1 is 0.800 bits per heavy atom. The summed E-state index contributed by atoms with van der Waals surface area (Å²) in [7, 11) is 0. The lowest BCUT2D eigenvalue weighted by Gasteiger charge is -2.40. The lowest BCUT2D eigenvalue weighted by Crippen LogP contribution is -2.36. The first-order chi connectivity index (χ1) is 12.1. The molecule has 1 saturated carbocycles. The van der Waals surface area contributed by atoms with E-state index in [0.717, 1.165) is 19.3 Å². The Morgan fingerprint density at radius 3 is 1.68 bits per heavy atom. The first kappa shape index (κ1) is 22.5. The maximum absolute atomic E-state index is 11.5. The Morgan fingerprint density at radius 2 is 1.24 bits per heavy atom. The number of carboxylic acids is 1. The lowest BCUT2D eigenvalue weighted by molar-refractivity contribution is -0.147. The van der Waals surface area contributed by atoms with Gasteiger partial charge in [0.05, 0.1) is 5.92 Å². The second-order valence-electron chi connectivity index (χ2n) is 8.62. The molecule has 2 nitrogen and oxygen atoms in total. The van der Waals surface area contributed by atoms with Gasteiger partial charge in [-0.25, -0.2) is 0 Å². The van der Waals surface area contributed by atoms with Crippen molar-refractivity contribution in [3.8, 4) is 0 Å². The molecule has 1 aliphatic rings. The van der Waals surface area contributed by atoms with Crippen molar-refractivity contribution in [1.29, 1.82) is 0 Å². The number of hydrogen-bond donors (Lipinski definition) is 1. The fourth-order valence-corrected chi connectivity index (χ4v) is 4.74. The van der Waals surface area contributed by atoms with Gasteiger partial charge in [-0.15, -0.1) is 0 Å². The van der Waals surface area contributed by atoms with Crippen LogP contribution in [0.5, 0.6) is 0 Å². The molecule has 0 bridgehead atoms. The maximum Gasteiger partial charge on any atom is 0.306 e. The van der Waals surface area contributed by atoms with Crippen LogP contribution in [0.25, 0.3) is 0 Å². The molecule has 0 heterocycles. The van der Waals surface area contributed by atoms with Crippen molar-refractivity contribution in [2.75, 3.05) is 0 Å². The zero-order valence-corrected chi connectivity index (χ0v) is 17.2. The van der Waals surface area contributed by atoms with Crippen molar-refractivity contribution in [2.24, 2.45) is 11.3 Å². The number of carboxylic acid groups (broad SMARTS) is 1. The van der Waals surface area contributed by atoms with Crippen LogP contribution in [0, 0.1) is 11.3 Å². The van der Waals surface area contributed by atoms with Crippen LogP contribution in [-0.2, 0) is 4.79 Å². The minimum absolute atomic E-state index is 0.0998. The molecule has 0 radical (unpaired) electrons. The van der Waals surface area contributed by atoms with E-state index >= 15 is 0 Å². The van der Waals surface area contributed by atoms with Gasteiger partial charge in [0.2, 0.25) is 0 Å². The highest BCUT2D eigenvalue weighted by molar-refractivity contribution is 5.70. The van der Waals surface area contributed by atoms with Crippen LogP contribution < -0.4 is 0 Å². The number of hydrogen-bond acceptors (Lipinski definition) is 1. The van der Waals surface area contributed by atoms with Gasteiger partial charge in [-0.1, -0.05) is 110 Å². The minimum Gasteiger partial charge on any atom is -0.481 e. The lowest BCUT2D eigenvalue weighted by atomic mass is 9.64. The SMILES string of the molecule is CCCCCCCCCCCCCCC1(C(C)C(=O)O)CCCCC1. The summed E-state index contributed by atoms with van der Waals surface area (Å²) in [5, 5.41) is 9.49. The molecule has 0 aromatic carbocycles. The molecular formula is C23H44O2. The molecule has 0 saturated heterocycles.